The van der Waals surface area contributed by atoms with Crippen molar-refractivity contribution in [3.05, 3.63) is 29.8 Å². The molecule has 2 rings (SSSR count). The lowest BCUT2D eigenvalue weighted by Gasteiger charge is -2.01. The highest BCUT2D eigenvalue weighted by Gasteiger charge is 2.05. The van der Waals surface area contributed by atoms with E-state index in [1.807, 2.05) is 24.3 Å². The Balaban J connectivity index is 1.90. The lowest BCUT2D eigenvalue weighted by atomic mass is 10.2. The van der Waals surface area contributed by atoms with E-state index in [0.29, 0.717) is 11.1 Å². The van der Waals surface area contributed by atoms with E-state index in [2.05, 4.69) is 20.5 Å². The maximum absolute atomic E-state index is 10.8. The van der Waals surface area contributed by atoms with Crippen LogP contribution in [0.2, 0.25) is 0 Å². The molecule has 19 heavy (non-hydrogen) atoms. The summed E-state index contributed by atoms with van der Waals surface area (Å²) in [5.74, 6) is 1.77. The maximum Gasteiger partial charge on any atom is 0.226 e. The summed E-state index contributed by atoms with van der Waals surface area (Å²) in [4.78, 5) is 15.0. The number of nitrogens with one attached hydrogen (secondary N) is 2. The van der Waals surface area contributed by atoms with Crippen LogP contribution in [0.25, 0.3) is 0 Å². The standard InChI is InChI=1S/C12H14N4O2S/c1-8(17)13-11-14-12(16-15-11)19-7-9-3-5-10(18-2)6-4-9/h3-6H,7H2,1-2H3,(H2,13,14,15,16,17). The average molecular weight is 278 g/mol. The second-order valence-electron chi connectivity index (χ2n) is 3.78. The summed E-state index contributed by atoms with van der Waals surface area (Å²) in [6, 6.07) is 7.81. The van der Waals surface area contributed by atoms with E-state index in [0.717, 1.165) is 17.1 Å². The minimum atomic E-state index is -0.178. The van der Waals surface area contributed by atoms with Crippen molar-refractivity contribution in [2.45, 2.75) is 17.8 Å². The van der Waals surface area contributed by atoms with Gasteiger partial charge in [-0.05, 0) is 17.7 Å². The first-order chi connectivity index (χ1) is 9.17. The largest absolute Gasteiger partial charge is 0.497 e. The Kier molecular flexibility index (Phi) is 4.40. The van der Waals surface area contributed by atoms with Crippen molar-refractivity contribution in [2.75, 3.05) is 12.4 Å². The molecule has 0 spiro atoms. The second kappa shape index (κ2) is 6.24. The highest BCUT2D eigenvalue weighted by Crippen LogP contribution is 2.21. The van der Waals surface area contributed by atoms with Gasteiger partial charge in [0.25, 0.3) is 0 Å². The van der Waals surface area contributed by atoms with Crippen LogP contribution < -0.4 is 10.1 Å². The number of carbonyl (C=O) groups excluding carboxylic acids is 1. The topological polar surface area (TPSA) is 79.9 Å². The van der Waals surface area contributed by atoms with Crippen LogP contribution in [0, 0.1) is 0 Å². The molecule has 6 nitrogen and oxygen atoms in total. The van der Waals surface area contributed by atoms with Crippen molar-refractivity contribution in [3.63, 3.8) is 0 Å². The number of hydrogen-bond acceptors (Lipinski definition) is 5. The van der Waals surface area contributed by atoms with Crippen LogP contribution in [-0.4, -0.2) is 28.2 Å². The summed E-state index contributed by atoms with van der Waals surface area (Å²) in [7, 11) is 1.64. The summed E-state index contributed by atoms with van der Waals surface area (Å²) in [6.07, 6.45) is 0. The Morgan fingerprint density at radius 3 is 2.79 bits per heavy atom. The fourth-order valence-corrected chi connectivity index (χ4v) is 2.16. The van der Waals surface area contributed by atoms with Gasteiger partial charge in [-0.25, -0.2) is 5.10 Å². The molecule has 100 valence electrons. The highest BCUT2D eigenvalue weighted by atomic mass is 32.2. The third kappa shape index (κ3) is 3.99. The molecule has 0 aliphatic rings. The second-order valence-corrected chi connectivity index (χ2v) is 4.73. The van der Waals surface area contributed by atoms with Gasteiger partial charge in [0, 0.05) is 12.7 Å². The molecule has 0 unspecified atom stereocenters. The summed E-state index contributed by atoms with van der Waals surface area (Å²) in [5.41, 5.74) is 1.15. The molecule has 1 aromatic carbocycles. The van der Waals surface area contributed by atoms with Crippen molar-refractivity contribution in [1.29, 1.82) is 0 Å². The number of methoxy groups -OCH3 is 1. The van der Waals surface area contributed by atoms with Gasteiger partial charge in [-0.15, -0.1) is 5.10 Å². The fourth-order valence-electron chi connectivity index (χ4n) is 1.40. The number of rotatable bonds is 5. The number of aromatic amines is 1. The molecule has 1 amide bonds. The molecule has 0 atom stereocenters. The van der Waals surface area contributed by atoms with Crippen LogP contribution in [0.15, 0.2) is 29.4 Å². The summed E-state index contributed by atoms with van der Waals surface area (Å²) >= 11 is 1.49. The number of aromatic nitrogens is 3. The zero-order valence-electron chi connectivity index (χ0n) is 10.6. The third-order valence-corrected chi connectivity index (χ3v) is 3.20. The number of amides is 1. The molecule has 0 fully saturated rings. The Hall–Kier alpha value is -2.02. The minimum absolute atomic E-state index is 0.178. The number of benzene rings is 1. The first-order valence-electron chi connectivity index (χ1n) is 5.63. The Morgan fingerprint density at radius 2 is 2.16 bits per heavy atom. The van der Waals surface area contributed by atoms with E-state index in [1.165, 1.54) is 18.7 Å². The average Bonchev–Trinajstić information content (AvgIpc) is 2.84. The van der Waals surface area contributed by atoms with E-state index in [-0.39, 0.29) is 5.91 Å². The van der Waals surface area contributed by atoms with Crippen molar-refractivity contribution >= 4 is 23.6 Å². The van der Waals surface area contributed by atoms with Crippen molar-refractivity contribution in [3.8, 4) is 5.75 Å². The fraction of sp³-hybridized carbons (Fsp3) is 0.250. The van der Waals surface area contributed by atoms with Crippen LogP contribution in [0.3, 0.4) is 0 Å². The van der Waals surface area contributed by atoms with Gasteiger partial charge in [-0.2, -0.15) is 4.98 Å². The molecule has 0 bridgehead atoms. The van der Waals surface area contributed by atoms with E-state index in [1.54, 1.807) is 7.11 Å². The number of carbonyl (C=O) groups is 1. The molecule has 0 aliphatic heterocycles. The van der Waals surface area contributed by atoms with Crippen LogP contribution in [-0.2, 0) is 10.5 Å². The lowest BCUT2D eigenvalue weighted by Crippen LogP contribution is -2.06. The van der Waals surface area contributed by atoms with Gasteiger partial charge in [0.1, 0.15) is 5.75 Å². The van der Waals surface area contributed by atoms with Crippen LogP contribution in [0.1, 0.15) is 12.5 Å². The molecule has 0 saturated heterocycles. The molecule has 1 heterocycles. The molecule has 2 N–H and O–H groups in total. The van der Waals surface area contributed by atoms with Gasteiger partial charge in [0.15, 0.2) is 0 Å². The number of anilines is 1. The van der Waals surface area contributed by atoms with E-state index >= 15 is 0 Å². The first kappa shape index (κ1) is 13.4. The summed E-state index contributed by atoms with van der Waals surface area (Å²) in [6.45, 7) is 1.42. The minimum Gasteiger partial charge on any atom is -0.497 e. The third-order valence-electron chi connectivity index (χ3n) is 2.29. The van der Waals surface area contributed by atoms with Gasteiger partial charge in [-0.3, -0.25) is 10.1 Å². The first-order valence-corrected chi connectivity index (χ1v) is 6.61. The Labute approximate surface area is 115 Å². The van der Waals surface area contributed by atoms with E-state index < -0.39 is 0 Å². The van der Waals surface area contributed by atoms with Gasteiger partial charge in [0.05, 0.1) is 7.11 Å². The number of ether oxygens (including phenoxy) is 1. The molecule has 0 aliphatic carbocycles. The van der Waals surface area contributed by atoms with Crippen LogP contribution in [0.4, 0.5) is 5.95 Å². The molecule has 0 saturated carbocycles. The summed E-state index contributed by atoms with van der Waals surface area (Å²) < 4.78 is 5.10. The Morgan fingerprint density at radius 1 is 1.42 bits per heavy atom. The predicted octanol–water partition coefficient (Wildman–Crippen LogP) is 2.06. The zero-order valence-corrected chi connectivity index (χ0v) is 11.5. The van der Waals surface area contributed by atoms with Crippen molar-refractivity contribution < 1.29 is 9.53 Å². The van der Waals surface area contributed by atoms with Crippen molar-refractivity contribution in [2.24, 2.45) is 0 Å². The number of thioether (sulfide) groups is 1. The lowest BCUT2D eigenvalue weighted by molar-refractivity contribution is -0.114. The van der Waals surface area contributed by atoms with Crippen molar-refractivity contribution in [1.82, 2.24) is 15.2 Å². The molecule has 2 aromatic rings. The van der Waals surface area contributed by atoms with Gasteiger partial charge >= 0.3 is 0 Å². The number of nitrogens with zero attached hydrogens (tertiary/aromatic N) is 2. The molecular weight excluding hydrogens is 264 g/mol. The quantitative estimate of drug-likeness (QED) is 0.818. The SMILES string of the molecule is COc1ccc(CSc2n[nH]c(NC(C)=O)n2)cc1. The van der Waals surface area contributed by atoms with E-state index in [4.69, 9.17) is 4.74 Å². The molecular formula is C12H14N4O2S. The molecule has 7 heteroatoms. The highest BCUT2D eigenvalue weighted by molar-refractivity contribution is 7.98. The zero-order chi connectivity index (χ0) is 13.7. The number of hydrogen-bond donors (Lipinski definition) is 2. The normalized spacial score (nSPS) is 10.2. The smallest absolute Gasteiger partial charge is 0.226 e. The Bertz CT molecular complexity index is 553. The summed E-state index contributed by atoms with van der Waals surface area (Å²) in [5, 5.41) is 9.80. The monoisotopic (exact) mass is 278 g/mol. The predicted molar refractivity (Wildman–Crippen MR) is 73.2 cm³/mol. The van der Waals surface area contributed by atoms with Gasteiger partial charge in [-0.1, -0.05) is 23.9 Å². The molecule has 0 radical (unpaired) electrons. The maximum atomic E-state index is 10.8. The van der Waals surface area contributed by atoms with E-state index in [9.17, 15) is 4.79 Å². The van der Waals surface area contributed by atoms with Crippen LogP contribution in [0.5, 0.6) is 5.75 Å². The van der Waals surface area contributed by atoms with Gasteiger partial charge < -0.3 is 4.74 Å². The number of H-pyrrole nitrogens is 1. The van der Waals surface area contributed by atoms with Crippen LogP contribution >= 0.6 is 11.8 Å². The molecule has 1 aromatic heterocycles. The van der Waals surface area contributed by atoms with Gasteiger partial charge in [0.2, 0.25) is 17.0 Å².